The second-order valence-electron chi connectivity index (χ2n) is 5.44. The molecule has 0 atom stereocenters. The predicted octanol–water partition coefficient (Wildman–Crippen LogP) is 1.20. The highest BCUT2D eigenvalue weighted by atomic mass is 19.1. The highest BCUT2D eigenvalue weighted by Gasteiger charge is 2.27. The van der Waals surface area contributed by atoms with Gasteiger partial charge in [-0.05, 0) is 47.4 Å². The van der Waals surface area contributed by atoms with Crippen molar-refractivity contribution in [3.8, 4) is 11.4 Å². The summed E-state index contributed by atoms with van der Waals surface area (Å²) in [6.07, 6.45) is 1.74. The minimum absolute atomic E-state index is 0.225. The number of fused-ring (bicyclic) bond motifs is 1. The normalized spacial score (nSPS) is 13.2. The standard InChI is InChI=1S/C16H13BFN3O3/c18-12-2-5-15(6-3-12)23-10-13-8-21(20-19-13)14-4-1-11-9-24-17(22)16(11)7-14/h1-8,22H,9-10H2. The van der Waals surface area contributed by atoms with Gasteiger partial charge in [0.15, 0.2) is 0 Å². The van der Waals surface area contributed by atoms with Crippen LogP contribution in [-0.4, -0.2) is 27.1 Å². The molecule has 0 fully saturated rings. The topological polar surface area (TPSA) is 69.4 Å². The zero-order valence-corrected chi connectivity index (χ0v) is 12.6. The molecule has 1 aliphatic heterocycles. The van der Waals surface area contributed by atoms with Crippen LogP contribution in [0.3, 0.4) is 0 Å². The summed E-state index contributed by atoms with van der Waals surface area (Å²) in [5.41, 5.74) is 3.12. The minimum atomic E-state index is -0.898. The Labute approximate surface area is 137 Å². The van der Waals surface area contributed by atoms with E-state index in [1.807, 2.05) is 18.2 Å². The fourth-order valence-electron chi connectivity index (χ4n) is 2.52. The summed E-state index contributed by atoms with van der Waals surface area (Å²) in [5.74, 6) is 0.250. The summed E-state index contributed by atoms with van der Waals surface area (Å²) in [6, 6.07) is 11.4. The highest BCUT2D eigenvalue weighted by Crippen LogP contribution is 2.15. The van der Waals surface area contributed by atoms with Gasteiger partial charge in [-0.15, -0.1) is 5.10 Å². The van der Waals surface area contributed by atoms with Crippen molar-refractivity contribution in [1.29, 1.82) is 0 Å². The fourth-order valence-corrected chi connectivity index (χ4v) is 2.52. The van der Waals surface area contributed by atoms with Crippen molar-refractivity contribution in [2.75, 3.05) is 0 Å². The second kappa shape index (κ2) is 6.07. The van der Waals surface area contributed by atoms with Crippen LogP contribution in [-0.2, 0) is 17.9 Å². The van der Waals surface area contributed by atoms with Gasteiger partial charge < -0.3 is 14.4 Å². The molecule has 6 nitrogen and oxygen atoms in total. The predicted molar refractivity (Wildman–Crippen MR) is 84.5 cm³/mol. The first-order valence-electron chi connectivity index (χ1n) is 7.41. The molecule has 8 heteroatoms. The number of rotatable bonds is 4. The van der Waals surface area contributed by atoms with Crippen LogP contribution < -0.4 is 10.2 Å². The number of benzene rings is 2. The number of nitrogens with zero attached hydrogens (tertiary/aromatic N) is 3. The van der Waals surface area contributed by atoms with Gasteiger partial charge in [-0.25, -0.2) is 9.07 Å². The van der Waals surface area contributed by atoms with E-state index >= 15 is 0 Å². The summed E-state index contributed by atoms with van der Waals surface area (Å²) in [5, 5.41) is 17.9. The van der Waals surface area contributed by atoms with Gasteiger partial charge >= 0.3 is 7.12 Å². The summed E-state index contributed by atoms with van der Waals surface area (Å²) in [4.78, 5) is 0. The Morgan fingerprint density at radius 2 is 2.08 bits per heavy atom. The van der Waals surface area contributed by atoms with Crippen molar-refractivity contribution < 1.29 is 18.8 Å². The van der Waals surface area contributed by atoms with Crippen LogP contribution in [0.15, 0.2) is 48.7 Å². The summed E-state index contributed by atoms with van der Waals surface area (Å²) in [7, 11) is -0.898. The average molecular weight is 325 g/mol. The molecule has 0 saturated carbocycles. The van der Waals surface area contributed by atoms with Crippen molar-refractivity contribution in [2.24, 2.45) is 0 Å². The monoisotopic (exact) mass is 325 g/mol. The molecule has 120 valence electrons. The van der Waals surface area contributed by atoms with E-state index in [0.29, 0.717) is 18.1 Å². The maximum atomic E-state index is 12.9. The third kappa shape index (κ3) is 2.89. The van der Waals surface area contributed by atoms with Crippen LogP contribution in [0.5, 0.6) is 5.75 Å². The first-order chi connectivity index (χ1) is 11.7. The molecule has 24 heavy (non-hydrogen) atoms. The minimum Gasteiger partial charge on any atom is -0.487 e. The molecule has 0 amide bonds. The zero-order valence-electron chi connectivity index (χ0n) is 12.6. The Balaban J connectivity index is 1.49. The maximum absolute atomic E-state index is 12.9. The lowest BCUT2D eigenvalue weighted by molar-refractivity contribution is 0.275. The molecule has 0 unspecified atom stereocenters. The van der Waals surface area contributed by atoms with Crippen LogP contribution in [0.4, 0.5) is 4.39 Å². The van der Waals surface area contributed by atoms with Crippen LogP contribution in [0.25, 0.3) is 5.69 Å². The third-order valence-corrected chi connectivity index (χ3v) is 3.80. The largest absolute Gasteiger partial charge is 0.491 e. The van der Waals surface area contributed by atoms with Crippen LogP contribution in [0, 0.1) is 5.82 Å². The van der Waals surface area contributed by atoms with E-state index in [9.17, 15) is 9.41 Å². The molecular formula is C16H13BFN3O3. The van der Waals surface area contributed by atoms with E-state index in [1.54, 1.807) is 23.0 Å². The van der Waals surface area contributed by atoms with Gasteiger partial charge in [-0.2, -0.15) is 0 Å². The number of ether oxygens (including phenoxy) is 1. The van der Waals surface area contributed by atoms with Crippen LogP contribution >= 0.6 is 0 Å². The molecule has 3 aromatic rings. The van der Waals surface area contributed by atoms with Gasteiger partial charge in [0.25, 0.3) is 0 Å². The Kier molecular flexibility index (Phi) is 3.76. The van der Waals surface area contributed by atoms with Crippen molar-refractivity contribution >= 4 is 12.6 Å². The quantitative estimate of drug-likeness (QED) is 0.730. The number of halogens is 1. The molecule has 2 heterocycles. The Morgan fingerprint density at radius 3 is 2.92 bits per heavy atom. The van der Waals surface area contributed by atoms with Gasteiger partial charge in [-0.1, -0.05) is 11.3 Å². The third-order valence-electron chi connectivity index (χ3n) is 3.80. The fraction of sp³-hybridized carbons (Fsp3) is 0.125. The van der Waals surface area contributed by atoms with Gasteiger partial charge in [0, 0.05) is 0 Å². The lowest BCUT2D eigenvalue weighted by atomic mass is 9.79. The Hall–Kier alpha value is -2.71. The Bertz CT molecular complexity index is 869. The molecule has 1 aromatic heterocycles. The summed E-state index contributed by atoms with van der Waals surface area (Å²) in [6.45, 7) is 0.632. The van der Waals surface area contributed by atoms with Gasteiger partial charge in [0.05, 0.1) is 18.5 Å². The molecule has 4 rings (SSSR count). The van der Waals surface area contributed by atoms with Gasteiger partial charge in [-0.3, -0.25) is 0 Å². The van der Waals surface area contributed by atoms with Crippen LogP contribution in [0.1, 0.15) is 11.3 Å². The zero-order chi connectivity index (χ0) is 16.5. The SMILES string of the molecule is OB1OCc2ccc(-n3cc(COc4ccc(F)cc4)nn3)cc21. The van der Waals surface area contributed by atoms with Crippen molar-refractivity contribution in [3.63, 3.8) is 0 Å². The van der Waals surface area contributed by atoms with Crippen molar-refractivity contribution in [2.45, 2.75) is 13.2 Å². The number of hydrogen-bond acceptors (Lipinski definition) is 5. The van der Waals surface area contributed by atoms with Crippen molar-refractivity contribution in [3.05, 3.63) is 65.7 Å². The Morgan fingerprint density at radius 1 is 1.25 bits per heavy atom. The lowest BCUT2D eigenvalue weighted by Gasteiger charge is -2.04. The first-order valence-corrected chi connectivity index (χ1v) is 7.41. The maximum Gasteiger partial charge on any atom is 0.491 e. The average Bonchev–Trinajstić information content (AvgIpc) is 3.21. The number of aromatic nitrogens is 3. The molecule has 0 radical (unpaired) electrons. The van der Waals surface area contributed by atoms with E-state index in [1.165, 1.54) is 12.1 Å². The summed E-state index contributed by atoms with van der Waals surface area (Å²) >= 11 is 0. The lowest BCUT2D eigenvalue weighted by Crippen LogP contribution is -2.28. The van der Waals surface area contributed by atoms with Gasteiger partial charge in [0.2, 0.25) is 0 Å². The van der Waals surface area contributed by atoms with Crippen LogP contribution in [0.2, 0.25) is 0 Å². The van der Waals surface area contributed by atoms with E-state index in [-0.39, 0.29) is 12.4 Å². The van der Waals surface area contributed by atoms with Crippen molar-refractivity contribution in [1.82, 2.24) is 15.0 Å². The van der Waals surface area contributed by atoms with E-state index in [2.05, 4.69) is 10.3 Å². The molecule has 1 N–H and O–H groups in total. The smallest absolute Gasteiger partial charge is 0.487 e. The first kappa shape index (κ1) is 14.9. The molecule has 0 spiro atoms. The molecular weight excluding hydrogens is 312 g/mol. The highest BCUT2D eigenvalue weighted by molar-refractivity contribution is 6.61. The van der Waals surface area contributed by atoms with Gasteiger partial charge in [0.1, 0.15) is 23.9 Å². The molecule has 0 saturated heterocycles. The number of hydrogen-bond donors (Lipinski definition) is 1. The van der Waals surface area contributed by atoms with E-state index in [4.69, 9.17) is 9.39 Å². The second-order valence-corrected chi connectivity index (χ2v) is 5.44. The van der Waals surface area contributed by atoms with E-state index < -0.39 is 7.12 Å². The molecule has 0 aliphatic carbocycles. The van der Waals surface area contributed by atoms with E-state index in [0.717, 1.165) is 16.7 Å². The summed E-state index contributed by atoms with van der Waals surface area (Å²) < 4.78 is 25.2. The molecule has 2 aromatic carbocycles. The molecule has 1 aliphatic rings. The molecule has 0 bridgehead atoms.